The molecule has 4 N–H and O–H groups in total. The second-order valence-corrected chi connectivity index (χ2v) is 7.75. The van der Waals surface area contributed by atoms with Crippen LogP contribution in [-0.2, 0) is 0 Å². The molecule has 1 rings (SSSR count). The first-order valence-corrected chi connectivity index (χ1v) is 10.6. The lowest BCUT2D eigenvalue weighted by Gasteiger charge is -2.35. The Morgan fingerprint density at radius 1 is 1.40 bits per heavy atom. The molecule has 0 aromatic rings. The maximum Gasteiger partial charge on any atom is 0.0791 e. The van der Waals surface area contributed by atoms with Crippen molar-refractivity contribution in [3.8, 4) is 0 Å². The van der Waals surface area contributed by atoms with Crippen LogP contribution in [0.1, 0.15) is 33.6 Å². The van der Waals surface area contributed by atoms with E-state index in [0.29, 0.717) is 6.42 Å². The number of rotatable bonds is 11. The molecule has 0 aliphatic heterocycles. The molecule has 30 heavy (non-hydrogen) atoms. The first-order valence-electron chi connectivity index (χ1n) is 10.6. The zero-order valence-electron chi connectivity index (χ0n) is 19.1. The summed E-state index contributed by atoms with van der Waals surface area (Å²) in [6.07, 6.45) is 16.6. The number of aliphatic hydroxyl groups excluding tert-OH is 2. The second-order valence-electron chi connectivity index (χ2n) is 7.75. The van der Waals surface area contributed by atoms with Crippen LogP contribution in [0, 0.1) is 5.92 Å². The lowest BCUT2D eigenvalue weighted by molar-refractivity contribution is 0.0623. The molecule has 0 saturated carbocycles. The Hall–Kier alpha value is -2.21. The average Bonchev–Trinajstić information content (AvgIpc) is 2.73. The van der Waals surface area contributed by atoms with Gasteiger partial charge < -0.3 is 20.8 Å². The summed E-state index contributed by atoms with van der Waals surface area (Å²) in [7, 11) is 3.77. The maximum absolute atomic E-state index is 9.99. The Bertz CT molecular complexity index is 741. The Morgan fingerprint density at radius 3 is 2.60 bits per heavy atom. The van der Waals surface area contributed by atoms with E-state index in [0.717, 1.165) is 23.3 Å². The molecule has 0 fully saturated rings. The summed E-state index contributed by atoms with van der Waals surface area (Å²) in [6, 6.07) is -0.268. The number of allylic oxidation sites excluding steroid dienone is 11. The molecular weight excluding hydrogens is 374 g/mol. The zero-order valence-corrected chi connectivity index (χ0v) is 19.1. The lowest BCUT2D eigenvalue weighted by Crippen LogP contribution is -2.46. The molecule has 0 heterocycles. The van der Waals surface area contributed by atoms with Crippen LogP contribution in [0.2, 0.25) is 0 Å². The van der Waals surface area contributed by atoms with Crippen LogP contribution in [0.15, 0.2) is 76.5 Å². The van der Waals surface area contributed by atoms with Gasteiger partial charge in [-0.25, -0.2) is 0 Å². The average molecular weight is 414 g/mol. The first kappa shape index (κ1) is 25.8. The van der Waals surface area contributed by atoms with Crippen LogP contribution < -0.4 is 5.73 Å². The third kappa shape index (κ3) is 7.24. The van der Waals surface area contributed by atoms with Crippen LogP contribution in [0.3, 0.4) is 0 Å². The minimum absolute atomic E-state index is 0.101. The number of nitrogens with zero attached hydrogens (tertiary/aromatic N) is 2. The molecule has 0 saturated heterocycles. The molecule has 0 bridgehead atoms. The van der Waals surface area contributed by atoms with E-state index in [1.165, 1.54) is 5.57 Å². The van der Waals surface area contributed by atoms with E-state index >= 15 is 0 Å². The molecule has 0 radical (unpaired) electrons. The summed E-state index contributed by atoms with van der Waals surface area (Å²) in [5.74, 6) is 0.281. The van der Waals surface area contributed by atoms with Crippen molar-refractivity contribution in [3.05, 3.63) is 71.5 Å². The van der Waals surface area contributed by atoms with Crippen molar-refractivity contribution in [2.45, 2.75) is 51.8 Å². The van der Waals surface area contributed by atoms with Gasteiger partial charge in [-0.05, 0) is 42.9 Å². The van der Waals surface area contributed by atoms with Crippen molar-refractivity contribution in [1.82, 2.24) is 4.90 Å². The van der Waals surface area contributed by atoms with Crippen LogP contribution in [-0.4, -0.2) is 60.2 Å². The van der Waals surface area contributed by atoms with Gasteiger partial charge in [0, 0.05) is 43.7 Å². The quantitative estimate of drug-likeness (QED) is 0.357. The molecule has 166 valence electrons. The van der Waals surface area contributed by atoms with Crippen molar-refractivity contribution in [1.29, 1.82) is 0 Å². The van der Waals surface area contributed by atoms with Gasteiger partial charge in [0.1, 0.15) is 0 Å². The monoisotopic (exact) mass is 413 g/mol. The highest BCUT2D eigenvalue weighted by molar-refractivity contribution is 5.88. The molecule has 1 aliphatic rings. The summed E-state index contributed by atoms with van der Waals surface area (Å²) in [4.78, 5) is 6.42. The first-order chi connectivity index (χ1) is 14.3. The zero-order chi connectivity index (χ0) is 22.7. The highest BCUT2D eigenvalue weighted by Gasteiger charge is 2.24. The molecule has 0 spiro atoms. The Kier molecular flexibility index (Phi) is 11.3. The maximum atomic E-state index is 9.99. The van der Waals surface area contributed by atoms with Gasteiger partial charge in [-0.15, -0.1) is 0 Å². The molecule has 0 aromatic heterocycles. The molecule has 5 heteroatoms. The fourth-order valence-electron chi connectivity index (χ4n) is 3.69. The molecular formula is C25H39N3O2. The van der Waals surface area contributed by atoms with Crippen LogP contribution in [0.25, 0.3) is 0 Å². The van der Waals surface area contributed by atoms with Gasteiger partial charge in [-0.1, -0.05) is 56.9 Å². The predicted octanol–water partition coefficient (Wildman–Crippen LogP) is 3.54. The Balaban J connectivity index is 3.46. The number of aliphatic imine (C=N–C) groups is 1. The minimum atomic E-state index is -0.797. The van der Waals surface area contributed by atoms with Crippen LogP contribution in [0.5, 0.6) is 0 Å². The van der Waals surface area contributed by atoms with Gasteiger partial charge in [0.05, 0.1) is 12.7 Å². The lowest BCUT2D eigenvalue weighted by atomic mass is 9.88. The number of nitrogens with two attached hydrogens (primary N) is 1. The third-order valence-electron chi connectivity index (χ3n) is 5.42. The van der Waals surface area contributed by atoms with Gasteiger partial charge in [-0.2, -0.15) is 0 Å². The summed E-state index contributed by atoms with van der Waals surface area (Å²) >= 11 is 0. The van der Waals surface area contributed by atoms with E-state index in [1.807, 2.05) is 32.3 Å². The Labute approximate surface area is 182 Å². The molecule has 1 aliphatic carbocycles. The van der Waals surface area contributed by atoms with Gasteiger partial charge in [0.25, 0.3) is 0 Å². The van der Waals surface area contributed by atoms with Gasteiger partial charge in [0.15, 0.2) is 0 Å². The normalized spacial score (nSPS) is 22.2. The highest BCUT2D eigenvalue weighted by atomic mass is 16.3. The minimum Gasteiger partial charge on any atom is -0.394 e. The van der Waals surface area contributed by atoms with Crippen molar-refractivity contribution >= 4 is 6.21 Å². The number of aliphatic hydroxyl groups is 2. The molecule has 4 unspecified atom stereocenters. The van der Waals surface area contributed by atoms with E-state index in [1.54, 1.807) is 13.1 Å². The van der Waals surface area contributed by atoms with Crippen LogP contribution >= 0.6 is 0 Å². The fraction of sp³-hybridized carbons (Fsp3) is 0.480. The standard InChI is InChI=1S/C25H39N3O2/c1-7-11-20(24(16-27-5)23-13-10-9-12-18(23)3)14-21(8-2)28(6)25(19(4)26)15-22(30)17-29/h7,9-14,16,18-19,22,25,29-30H,1,8,15,17,26H2,2-6H3/b20-11+,21-14+,24-23+,27-16?. The Morgan fingerprint density at radius 2 is 2.10 bits per heavy atom. The molecule has 4 atom stereocenters. The predicted molar refractivity (Wildman–Crippen MR) is 128 cm³/mol. The van der Waals surface area contributed by atoms with Crippen molar-refractivity contribution in [3.63, 3.8) is 0 Å². The number of hydrogen-bond acceptors (Lipinski definition) is 5. The largest absolute Gasteiger partial charge is 0.394 e. The van der Waals surface area contributed by atoms with Crippen molar-refractivity contribution in [2.24, 2.45) is 16.6 Å². The van der Waals surface area contributed by atoms with E-state index in [2.05, 4.69) is 54.6 Å². The third-order valence-corrected chi connectivity index (χ3v) is 5.42. The summed E-state index contributed by atoms with van der Waals surface area (Å²) in [5.41, 5.74) is 10.6. The van der Waals surface area contributed by atoms with E-state index < -0.39 is 6.10 Å². The number of hydrogen-bond donors (Lipinski definition) is 3. The highest BCUT2D eigenvalue weighted by Crippen LogP contribution is 2.28. The fourth-order valence-corrected chi connectivity index (χ4v) is 3.69. The van der Waals surface area contributed by atoms with Gasteiger partial charge in [0.2, 0.25) is 0 Å². The summed E-state index contributed by atoms with van der Waals surface area (Å²) in [6.45, 7) is 9.82. The van der Waals surface area contributed by atoms with E-state index in [9.17, 15) is 10.2 Å². The summed E-state index contributed by atoms with van der Waals surface area (Å²) < 4.78 is 0. The SMILES string of the molecule is C=C/C=C(\C=C(/CC)N(C)C(CC(O)CO)C(C)N)C(/C=NC)=C1\C=CC=CC1C. The molecule has 0 amide bonds. The van der Waals surface area contributed by atoms with Crippen molar-refractivity contribution in [2.75, 3.05) is 20.7 Å². The van der Waals surface area contributed by atoms with Gasteiger partial charge in [-0.3, -0.25) is 4.99 Å². The van der Waals surface area contributed by atoms with Gasteiger partial charge >= 0.3 is 0 Å². The van der Waals surface area contributed by atoms with E-state index in [4.69, 9.17) is 5.73 Å². The van der Waals surface area contributed by atoms with Crippen LogP contribution in [0.4, 0.5) is 0 Å². The number of likely N-dealkylation sites (N-methyl/N-ethyl adjacent to an activating group) is 1. The molecule has 0 aromatic carbocycles. The summed E-state index contributed by atoms with van der Waals surface area (Å²) in [5, 5.41) is 19.3. The topological polar surface area (TPSA) is 82.1 Å². The van der Waals surface area contributed by atoms with E-state index in [-0.39, 0.29) is 24.6 Å². The second kappa shape index (κ2) is 13.2. The smallest absolute Gasteiger partial charge is 0.0791 e. The molecule has 5 nitrogen and oxygen atoms in total. The van der Waals surface area contributed by atoms with Crippen molar-refractivity contribution < 1.29 is 10.2 Å².